The van der Waals surface area contributed by atoms with Crippen LogP contribution in [-0.2, 0) is 9.53 Å². The maximum atomic E-state index is 14.6. The lowest BCUT2D eigenvalue weighted by molar-refractivity contribution is -0.131. The smallest absolute Gasteiger partial charge is 0.327 e. The van der Waals surface area contributed by atoms with Gasteiger partial charge in [0.05, 0.1) is 30.5 Å². The molecule has 0 unspecified atom stereocenters. The van der Waals surface area contributed by atoms with Crippen molar-refractivity contribution in [3.8, 4) is 0 Å². The molecule has 6 nitrogen and oxygen atoms in total. The monoisotopic (exact) mass is 413 g/mol. The molecule has 0 aromatic heterocycles. The fraction of sp³-hybridized carbons (Fsp3) is 0.273. The number of ether oxygens (including phenoxy) is 1. The van der Waals surface area contributed by atoms with Crippen molar-refractivity contribution >= 4 is 17.6 Å². The number of allylic oxidation sites excluding steroid dienone is 1. The molecule has 2 aliphatic heterocycles. The minimum absolute atomic E-state index is 0.0356. The zero-order valence-corrected chi connectivity index (χ0v) is 16.4. The van der Waals surface area contributed by atoms with Crippen LogP contribution in [0.4, 0.5) is 19.3 Å². The average Bonchev–Trinajstić information content (AvgIpc) is 2.74. The number of carbonyl (C=O) groups is 2. The van der Waals surface area contributed by atoms with Crippen LogP contribution in [0, 0.1) is 11.6 Å². The minimum atomic E-state index is -1.03. The standard InChI is InChI=1S/C22H21F2N3O3/c1-14-19(21(28)26-9-11-30-12-10-26)20(17-8-7-15(23)13-18(17)24)25-22(29)27(14)16-5-3-2-4-6-16/h2-8,13,20H,9-12H2,1H3,(H,25,29)/t20-/m0/s1. The molecule has 1 saturated heterocycles. The molecule has 2 aliphatic rings. The highest BCUT2D eigenvalue weighted by atomic mass is 19.1. The van der Waals surface area contributed by atoms with E-state index in [1.165, 1.54) is 11.0 Å². The Balaban J connectivity index is 1.84. The molecular weight excluding hydrogens is 392 g/mol. The topological polar surface area (TPSA) is 61.9 Å². The van der Waals surface area contributed by atoms with Gasteiger partial charge in [0.2, 0.25) is 0 Å². The number of rotatable bonds is 3. The molecule has 0 radical (unpaired) electrons. The molecule has 1 atom stereocenters. The lowest BCUT2D eigenvalue weighted by atomic mass is 9.93. The first-order valence-corrected chi connectivity index (χ1v) is 9.66. The molecule has 8 heteroatoms. The van der Waals surface area contributed by atoms with Gasteiger partial charge in [0.25, 0.3) is 5.91 Å². The van der Waals surface area contributed by atoms with Crippen LogP contribution in [0.1, 0.15) is 18.5 Å². The summed E-state index contributed by atoms with van der Waals surface area (Å²) in [6, 6.07) is 10.5. The summed E-state index contributed by atoms with van der Waals surface area (Å²) in [6.07, 6.45) is 0. The maximum absolute atomic E-state index is 14.6. The molecule has 0 aliphatic carbocycles. The largest absolute Gasteiger partial charge is 0.378 e. The summed E-state index contributed by atoms with van der Waals surface area (Å²) < 4.78 is 33.4. The number of benzene rings is 2. The van der Waals surface area contributed by atoms with E-state index in [1.54, 1.807) is 36.1 Å². The molecule has 0 bridgehead atoms. The molecule has 30 heavy (non-hydrogen) atoms. The van der Waals surface area contributed by atoms with E-state index in [2.05, 4.69) is 5.32 Å². The molecule has 4 rings (SSSR count). The zero-order valence-electron chi connectivity index (χ0n) is 16.4. The van der Waals surface area contributed by atoms with E-state index in [-0.39, 0.29) is 17.0 Å². The van der Waals surface area contributed by atoms with Crippen molar-refractivity contribution in [3.05, 3.63) is 77.0 Å². The summed E-state index contributed by atoms with van der Waals surface area (Å²) in [7, 11) is 0. The van der Waals surface area contributed by atoms with E-state index < -0.39 is 23.7 Å². The van der Waals surface area contributed by atoms with Crippen molar-refractivity contribution in [3.63, 3.8) is 0 Å². The molecule has 2 heterocycles. The number of nitrogens with one attached hydrogen (secondary N) is 1. The van der Waals surface area contributed by atoms with Crippen LogP contribution in [0.2, 0.25) is 0 Å². The number of nitrogens with zero attached hydrogens (tertiary/aromatic N) is 2. The van der Waals surface area contributed by atoms with Gasteiger partial charge >= 0.3 is 6.03 Å². The predicted molar refractivity (Wildman–Crippen MR) is 107 cm³/mol. The van der Waals surface area contributed by atoms with Gasteiger partial charge in [-0.2, -0.15) is 0 Å². The molecule has 1 N–H and O–H groups in total. The molecule has 0 saturated carbocycles. The second-order valence-corrected chi connectivity index (χ2v) is 7.12. The second kappa shape index (κ2) is 8.23. The van der Waals surface area contributed by atoms with Gasteiger partial charge in [0, 0.05) is 30.4 Å². The molecule has 1 fully saturated rings. The van der Waals surface area contributed by atoms with Gasteiger partial charge in [-0.25, -0.2) is 13.6 Å². The number of amides is 3. The fourth-order valence-corrected chi connectivity index (χ4v) is 3.81. The zero-order chi connectivity index (χ0) is 21.3. The average molecular weight is 413 g/mol. The summed E-state index contributed by atoms with van der Waals surface area (Å²) in [6.45, 7) is 3.26. The molecule has 0 spiro atoms. The summed E-state index contributed by atoms with van der Waals surface area (Å²) in [5, 5.41) is 2.73. The van der Waals surface area contributed by atoms with Crippen molar-refractivity contribution in [2.75, 3.05) is 31.2 Å². The Morgan fingerprint density at radius 3 is 2.47 bits per heavy atom. The highest BCUT2D eigenvalue weighted by Gasteiger charge is 2.39. The number of hydrogen-bond acceptors (Lipinski definition) is 3. The fourth-order valence-electron chi connectivity index (χ4n) is 3.81. The Morgan fingerprint density at radius 1 is 1.10 bits per heavy atom. The number of para-hydroxylation sites is 1. The normalized spacial score (nSPS) is 19.7. The van der Waals surface area contributed by atoms with Crippen LogP contribution in [0.3, 0.4) is 0 Å². The molecule has 2 aromatic carbocycles. The van der Waals surface area contributed by atoms with Crippen molar-refractivity contribution in [2.24, 2.45) is 0 Å². The van der Waals surface area contributed by atoms with Gasteiger partial charge in [-0.1, -0.05) is 24.3 Å². The van der Waals surface area contributed by atoms with Gasteiger partial charge in [-0.15, -0.1) is 0 Å². The van der Waals surface area contributed by atoms with Crippen molar-refractivity contribution in [1.29, 1.82) is 0 Å². The lowest BCUT2D eigenvalue weighted by Crippen LogP contribution is -2.51. The quantitative estimate of drug-likeness (QED) is 0.839. The van der Waals surface area contributed by atoms with Gasteiger partial charge in [-0.05, 0) is 25.1 Å². The number of halogens is 2. The van der Waals surface area contributed by atoms with E-state index in [0.29, 0.717) is 37.7 Å². The van der Waals surface area contributed by atoms with Gasteiger partial charge in [-0.3, -0.25) is 9.69 Å². The Kier molecular flexibility index (Phi) is 5.50. The Morgan fingerprint density at radius 2 is 1.80 bits per heavy atom. The Hall–Kier alpha value is -3.26. The predicted octanol–water partition coefficient (Wildman–Crippen LogP) is 3.37. The van der Waals surface area contributed by atoms with Crippen molar-refractivity contribution in [2.45, 2.75) is 13.0 Å². The highest BCUT2D eigenvalue weighted by molar-refractivity contribution is 6.04. The highest BCUT2D eigenvalue weighted by Crippen LogP contribution is 2.35. The first-order chi connectivity index (χ1) is 14.5. The van der Waals surface area contributed by atoms with Gasteiger partial charge < -0.3 is 15.0 Å². The number of morpholine rings is 1. The Bertz CT molecular complexity index is 1000. The molecule has 2 aromatic rings. The molecule has 156 valence electrons. The van der Waals surface area contributed by atoms with Crippen molar-refractivity contribution < 1.29 is 23.1 Å². The minimum Gasteiger partial charge on any atom is -0.378 e. The third-order valence-electron chi connectivity index (χ3n) is 5.30. The lowest BCUT2D eigenvalue weighted by Gasteiger charge is -2.38. The third kappa shape index (κ3) is 3.66. The number of carbonyl (C=O) groups excluding carboxylic acids is 2. The van der Waals surface area contributed by atoms with Crippen LogP contribution in [0.5, 0.6) is 0 Å². The number of urea groups is 1. The first kappa shape index (κ1) is 20.0. The first-order valence-electron chi connectivity index (χ1n) is 9.66. The third-order valence-corrected chi connectivity index (χ3v) is 5.30. The van der Waals surface area contributed by atoms with E-state index in [0.717, 1.165) is 12.1 Å². The van der Waals surface area contributed by atoms with E-state index in [1.807, 2.05) is 6.07 Å². The molecular formula is C22H21F2N3O3. The molecule has 3 amide bonds. The maximum Gasteiger partial charge on any atom is 0.327 e. The summed E-state index contributed by atoms with van der Waals surface area (Å²) >= 11 is 0. The van der Waals surface area contributed by atoms with Crippen LogP contribution in [0.25, 0.3) is 0 Å². The van der Waals surface area contributed by atoms with E-state index >= 15 is 0 Å². The second-order valence-electron chi connectivity index (χ2n) is 7.12. The number of hydrogen-bond donors (Lipinski definition) is 1. The number of anilines is 1. The van der Waals surface area contributed by atoms with Crippen LogP contribution in [0.15, 0.2) is 59.8 Å². The van der Waals surface area contributed by atoms with E-state index in [4.69, 9.17) is 4.74 Å². The summed E-state index contributed by atoms with van der Waals surface area (Å²) in [5.41, 5.74) is 1.26. The summed E-state index contributed by atoms with van der Waals surface area (Å²) in [4.78, 5) is 29.4. The summed E-state index contributed by atoms with van der Waals surface area (Å²) in [5.74, 6) is -1.87. The SMILES string of the molecule is CC1=C(C(=O)N2CCOCC2)[C@H](c2ccc(F)cc2F)NC(=O)N1c1ccccc1. The Labute approximate surface area is 172 Å². The van der Waals surface area contributed by atoms with Gasteiger partial charge in [0.1, 0.15) is 11.6 Å². The van der Waals surface area contributed by atoms with Crippen LogP contribution < -0.4 is 10.2 Å². The van der Waals surface area contributed by atoms with Crippen LogP contribution >= 0.6 is 0 Å². The van der Waals surface area contributed by atoms with Gasteiger partial charge in [0.15, 0.2) is 0 Å². The van der Waals surface area contributed by atoms with Crippen molar-refractivity contribution in [1.82, 2.24) is 10.2 Å². The van der Waals surface area contributed by atoms with Crippen LogP contribution in [-0.4, -0.2) is 43.1 Å². The van der Waals surface area contributed by atoms with E-state index in [9.17, 15) is 18.4 Å².